The van der Waals surface area contributed by atoms with Gasteiger partial charge in [0.25, 0.3) is 0 Å². The number of benzene rings is 2. The number of ether oxygens (including phenoxy) is 1. The fraction of sp³-hybridized carbons (Fsp3) is 0.250. The van der Waals surface area contributed by atoms with Crippen molar-refractivity contribution < 1.29 is 9.84 Å². The molecule has 24 heavy (non-hydrogen) atoms. The number of rotatable bonds is 7. The van der Waals surface area contributed by atoms with Crippen LogP contribution < -0.4 is 4.74 Å². The maximum atomic E-state index is 10.5. The second-order valence-electron chi connectivity index (χ2n) is 6.02. The minimum Gasteiger partial charge on any atom is -0.489 e. The van der Waals surface area contributed by atoms with E-state index in [2.05, 4.69) is 4.98 Å². The van der Waals surface area contributed by atoms with Crippen molar-refractivity contribution in [1.82, 2.24) is 9.55 Å². The zero-order chi connectivity index (χ0) is 16.8. The first kappa shape index (κ1) is 16.3. The molecule has 0 amide bonds. The molecule has 0 saturated heterocycles. The van der Waals surface area contributed by atoms with E-state index in [0.717, 1.165) is 23.4 Å². The van der Waals surface area contributed by atoms with Crippen LogP contribution in [-0.2, 0) is 13.2 Å². The molecule has 3 aromatic rings. The Hall–Kier alpha value is -2.59. The van der Waals surface area contributed by atoms with Gasteiger partial charge in [-0.15, -0.1) is 0 Å². The standard InChI is InChI=1S/C20H22N2O2/c1-16(13-22-12-11-21-15-22)20(23)18-7-9-19(10-8-18)24-14-17-5-3-2-4-6-17/h2-12,15-16,20,23H,13-14H2,1H3. The van der Waals surface area contributed by atoms with E-state index in [4.69, 9.17) is 4.74 Å². The topological polar surface area (TPSA) is 47.3 Å². The summed E-state index contributed by atoms with van der Waals surface area (Å²) >= 11 is 0. The third-order valence-corrected chi connectivity index (χ3v) is 4.07. The highest BCUT2D eigenvalue weighted by Gasteiger charge is 2.16. The number of nitrogens with zero attached hydrogens (tertiary/aromatic N) is 2. The van der Waals surface area contributed by atoms with Crippen molar-refractivity contribution in [1.29, 1.82) is 0 Å². The molecule has 0 saturated carbocycles. The first-order valence-corrected chi connectivity index (χ1v) is 8.13. The molecule has 2 atom stereocenters. The van der Waals surface area contributed by atoms with E-state index >= 15 is 0 Å². The van der Waals surface area contributed by atoms with E-state index in [0.29, 0.717) is 6.61 Å². The summed E-state index contributed by atoms with van der Waals surface area (Å²) in [5.41, 5.74) is 2.03. The van der Waals surface area contributed by atoms with E-state index < -0.39 is 6.10 Å². The molecule has 3 rings (SSSR count). The normalized spacial score (nSPS) is 13.4. The maximum absolute atomic E-state index is 10.5. The lowest BCUT2D eigenvalue weighted by Gasteiger charge is -2.20. The van der Waals surface area contributed by atoms with Gasteiger partial charge in [-0.1, -0.05) is 49.4 Å². The predicted octanol–water partition coefficient (Wildman–Crippen LogP) is 3.83. The summed E-state index contributed by atoms with van der Waals surface area (Å²) in [6.07, 6.45) is 4.90. The smallest absolute Gasteiger partial charge is 0.119 e. The van der Waals surface area contributed by atoms with Crippen LogP contribution in [0.1, 0.15) is 24.2 Å². The molecule has 0 spiro atoms. The van der Waals surface area contributed by atoms with Gasteiger partial charge in [0.2, 0.25) is 0 Å². The molecule has 0 fully saturated rings. The molecule has 0 aliphatic rings. The van der Waals surface area contributed by atoms with Crippen LogP contribution in [0.15, 0.2) is 73.3 Å². The first-order valence-electron chi connectivity index (χ1n) is 8.13. The van der Waals surface area contributed by atoms with Crippen LogP contribution in [0.3, 0.4) is 0 Å². The number of aliphatic hydroxyl groups is 1. The third kappa shape index (κ3) is 4.24. The van der Waals surface area contributed by atoms with Crippen molar-refractivity contribution in [3.8, 4) is 5.75 Å². The van der Waals surface area contributed by atoms with Crippen molar-refractivity contribution in [3.05, 3.63) is 84.4 Å². The molecule has 0 radical (unpaired) electrons. The van der Waals surface area contributed by atoms with Gasteiger partial charge in [0.05, 0.1) is 12.4 Å². The van der Waals surface area contributed by atoms with Gasteiger partial charge in [0.1, 0.15) is 12.4 Å². The predicted molar refractivity (Wildman–Crippen MR) is 93.6 cm³/mol. The fourth-order valence-electron chi connectivity index (χ4n) is 2.66. The van der Waals surface area contributed by atoms with Crippen LogP contribution in [0.5, 0.6) is 5.75 Å². The van der Waals surface area contributed by atoms with Gasteiger partial charge in [-0.05, 0) is 23.3 Å². The zero-order valence-corrected chi connectivity index (χ0v) is 13.7. The number of aliphatic hydroxyl groups excluding tert-OH is 1. The highest BCUT2D eigenvalue weighted by Crippen LogP contribution is 2.25. The van der Waals surface area contributed by atoms with Gasteiger partial charge in [-0.2, -0.15) is 0 Å². The lowest BCUT2D eigenvalue weighted by atomic mass is 9.97. The molecule has 4 heteroatoms. The Morgan fingerprint density at radius 1 is 1.08 bits per heavy atom. The number of aromatic nitrogens is 2. The second-order valence-corrected chi connectivity index (χ2v) is 6.02. The molecular formula is C20H22N2O2. The molecule has 124 valence electrons. The van der Waals surface area contributed by atoms with E-state index in [1.165, 1.54) is 0 Å². The van der Waals surface area contributed by atoms with E-state index in [9.17, 15) is 5.11 Å². The van der Waals surface area contributed by atoms with Crippen LogP contribution in [0.25, 0.3) is 0 Å². The van der Waals surface area contributed by atoms with E-state index in [1.807, 2.05) is 72.3 Å². The van der Waals surface area contributed by atoms with Gasteiger partial charge in [-0.3, -0.25) is 0 Å². The summed E-state index contributed by atoms with van der Waals surface area (Å²) in [7, 11) is 0. The molecule has 2 aromatic carbocycles. The molecule has 1 heterocycles. The van der Waals surface area contributed by atoms with E-state index in [1.54, 1.807) is 12.5 Å². The van der Waals surface area contributed by atoms with Crippen LogP contribution >= 0.6 is 0 Å². The Bertz CT molecular complexity index is 724. The minimum atomic E-state index is -0.518. The molecule has 0 bridgehead atoms. The second kappa shape index (κ2) is 7.79. The van der Waals surface area contributed by atoms with Gasteiger partial charge >= 0.3 is 0 Å². The molecule has 2 unspecified atom stereocenters. The Kier molecular flexibility index (Phi) is 5.29. The summed E-state index contributed by atoms with van der Waals surface area (Å²) in [5, 5.41) is 10.5. The average Bonchev–Trinajstić information content (AvgIpc) is 3.13. The van der Waals surface area contributed by atoms with Crippen LogP contribution in [-0.4, -0.2) is 14.7 Å². The van der Waals surface area contributed by atoms with Crippen molar-refractivity contribution in [3.63, 3.8) is 0 Å². The van der Waals surface area contributed by atoms with Crippen molar-refractivity contribution >= 4 is 0 Å². The van der Waals surface area contributed by atoms with Crippen LogP contribution in [0, 0.1) is 5.92 Å². The summed E-state index contributed by atoms with van der Waals surface area (Å²) in [6.45, 7) is 3.30. The first-order chi connectivity index (χ1) is 11.7. The Morgan fingerprint density at radius 2 is 1.83 bits per heavy atom. The fourth-order valence-corrected chi connectivity index (χ4v) is 2.66. The van der Waals surface area contributed by atoms with Crippen LogP contribution in [0.4, 0.5) is 0 Å². The number of imidazole rings is 1. The summed E-state index contributed by atoms with van der Waals surface area (Å²) in [4.78, 5) is 4.03. The van der Waals surface area contributed by atoms with Crippen molar-refractivity contribution in [2.75, 3.05) is 0 Å². The largest absolute Gasteiger partial charge is 0.489 e. The minimum absolute atomic E-state index is 0.0929. The number of hydrogen-bond acceptors (Lipinski definition) is 3. The highest BCUT2D eigenvalue weighted by atomic mass is 16.5. The molecular weight excluding hydrogens is 300 g/mol. The maximum Gasteiger partial charge on any atom is 0.119 e. The summed E-state index contributed by atoms with van der Waals surface area (Å²) in [6, 6.07) is 17.7. The lowest BCUT2D eigenvalue weighted by Crippen LogP contribution is -2.15. The summed E-state index contributed by atoms with van der Waals surface area (Å²) in [5.74, 6) is 0.896. The Balaban J connectivity index is 1.57. The molecule has 1 N–H and O–H groups in total. The van der Waals surface area contributed by atoms with Gasteiger partial charge in [-0.25, -0.2) is 4.98 Å². The Labute approximate surface area is 142 Å². The van der Waals surface area contributed by atoms with Gasteiger partial charge in [0.15, 0.2) is 0 Å². The highest BCUT2D eigenvalue weighted by molar-refractivity contribution is 5.29. The monoisotopic (exact) mass is 322 g/mol. The summed E-state index contributed by atoms with van der Waals surface area (Å²) < 4.78 is 7.76. The van der Waals surface area contributed by atoms with Gasteiger partial charge < -0.3 is 14.4 Å². The molecule has 4 nitrogen and oxygen atoms in total. The third-order valence-electron chi connectivity index (χ3n) is 4.07. The average molecular weight is 322 g/mol. The number of hydrogen-bond donors (Lipinski definition) is 1. The van der Waals surface area contributed by atoms with Crippen LogP contribution in [0.2, 0.25) is 0 Å². The van der Waals surface area contributed by atoms with Gasteiger partial charge in [0, 0.05) is 24.9 Å². The van der Waals surface area contributed by atoms with Crippen molar-refractivity contribution in [2.45, 2.75) is 26.2 Å². The Morgan fingerprint density at radius 3 is 2.50 bits per heavy atom. The zero-order valence-electron chi connectivity index (χ0n) is 13.7. The molecule has 0 aliphatic heterocycles. The van der Waals surface area contributed by atoms with E-state index in [-0.39, 0.29) is 5.92 Å². The molecule has 1 aromatic heterocycles. The lowest BCUT2D eigenvalue weighted by molar-refractivity contribution is 0.107. The molecule has 0 aliphatic carbocycles. The van der Waals surface area contributed by atoms with Crippen molar-refractivity contribution in [2.24, 2.45) is 5.92 Å². The SMILES string of the molecule is CC(Cn1ccnc1)C(O)c1ccc(OCc2ccccc2)cc1. The quantitative estimate of drug-likeness (QED) is 0.719.